The molecule has 0 spiro atoms. The Bertz CT molecular complexity index is 481. The van der Waals surface area contributed by atoms with Crippen molar-refractivity contribution in [2.75, 3.05) is 0 Å². The molecule has 1 aliphatic rings. The van der Waals surface area contributed by atoms with E-state index in [1.165, 1.54) is 0 Å². The van der Waals surface area contributed by atoms with Gasteiger partial charge in [0.05, 0.1) is 5.54 Å². The second-order valence-corrected chi connectivity index (χ2v) is 3.82. The summed E-state index contributed by atoms with van der Waals surface area (Å²) >= 11 is 0. The minimum absolute atomic E-state index is 0. The van der Waals surface area contributed by atoms with E-state index in [4.69, 9.17) is 10.3 Å². The van der Waals surface area contributed by atoms with Crippen LogP contribution in [0.15, 0.2) is 29.0 Å². The fourth-order valence-corrected chi connectivity index (χ4v) is 1.39. The molecule has 0 amide bonds. The van der Waals surface area contributed by atoms with E-state index in [2.05, 4.69) is 15.1 Å². The largest absolute Gasteiger partial charge is 0.337 e. The van der Waals surface area contributed by atoms with Crippen LogP contribution in [0.4, 0.5) is 0 Å². The fourth-order valence-electron chi connectivity index (χ4n) is 1.39. The molecule has 0 bridgehead atoms. The maximum Gasteiger partial charge on any atom is 0.247 e. The molecule has 2 aromatic heterocycles. The average Bonchev–Trinajstić information content (AvgIpc) is 2.85. The van der Waals surface area contributed by atoms with E-state index in [0.29, 0.717) is 11.7 Å². The lowest BCUT2D eigenvalue weighted by Crippen LogP contribution is -2.18. The van der Waals surface area contributed by atoms with E-state index in [9.17, 15) is 0 Å². The number of aromatic nitrogens is 3. The summed E-state index contributed by atoms with van der Waals surface area (Å²) in [7, 11) is 0. The predicted molar refractivity (Wildman–Crippen MR) is 59.9 cm³/mol. The Balaban J connectivity index is 0.000000963. The zero-order chi connectivity index (χ0) is 10.3. The van der Waals surface area contributed by atoms with Crippen molar-refractivity contribution < 1.29 is 4.52 Å². The quantitative estimate of drug-likeness (QED) is 0.858. The van der Waals surface area contributed by atoms with E-state index in [-0.39, 0.29) is 17.9 Å². The summed E-state index contributed by atoms with van der Waals surface area (Å²) in [6, 6.07) is 3.68. The van der Waals surface area contributed by atoms with Gasteiger partial charge in [0.15, 0.2) is 0 Å². The zero-order valence-electron chi connectivity index (χ0n) is 8.46. The van der Waals surface area contributed by atoms with E-state index in [0.717, 1.165) is 18.4 Å². The number of rotatable bonds is 2. The number of hydrogen-bond donors (Lipinski definition) is 1. The van der Waals surface area contributed by atoms with Crippen molar-refractivity contribution in [2.24, 2.45) is 5.73 Å². The lowest BCUT2D eigenvalue weighted by Gasteiger charge is -1.97. The Morgan fingerprint density at radius 1 is 1.25 bits per heavy atom. The molecule has 3 rings (SSSR count). The number of hydrogen-bond acceptors (Lipinski definition) is 5. The van der Waals surface area contributed by atoms with Gasteiger partial charge in [-0.3, -0.25) is 4.98 Å². The summed E-state index contributed by atoms with van der Waals surface area (Å²) in [5.74, 6) is 1.11. The first-order chi connectivity index (χ1) is 7.28. The molecule has 0 unspecified atom stereocenters. The third-order valence-electron chi connectivity index (χ3n) is 2.58. The zero-order valence-corrected chi connectivity index (χ0v) is 9.28. The molecular weight excluding hydrogens is 228 g/mol. The van der Waals surface area contributed by atoms with Gasteiger partial charge in [-0.05, 0) is 25.0 Å². The van der Waals surface area contributed by atoms with Crippen molar-refractivity contribution >= 4 is 12.4 Å². The van der Waals surface area contributed by atoms with Gasteiger partial charge in [0.1, 0.15) is 0 Å². The third kappa shape index (κ3) is 1.79. The molecule has 0 aliphatic heterocycles. The van der Waals surface area contributed by atoms with Gasteiger partial charge in [-0.1, -0.05) is 5.16 Å². The average molecular weight is 239 g/mol. The topological polar surface area (TPSA) is 77.8 Å². The molecule has 1 fully saturated rings. The Kier molecular flexibility index (Phi) is 2.65. The molecule has 84 valence electrons. The van der Waals surface area contributed by atoms with Crippen LogP contribution in [-0.2, 0) is 5.54 Å². The maximum atomic E-state index is 5.95. The molecule has 16 heavy (non-hydrogen) atoms. The van der Waals surface area contributed by atoms with Crippen molar-refractivity contribution in [2.45, 2.75) is 18.4 Å². The van der Waals surface area contributed by atoms with Gasteiger partial charge in [0.2, 0.25) is 11.7 Å². The smallest absolute Gasteiger partial charge is 0.247 e. The fraction of sp³-hybridized carbons (Fsp3) is 0.300. The first-order valence-electron chi connectivity index (χ1n) is 4.81. The lowest BCUT2D eigenvalue weighted by atomic mass is 10.2. The van der Waals surface area contributed by atoms with E-state index in [1.807, 2.05) is 12.1 Å². The van der Waals surface area contributed by atoms with Gasteiger partial charge in [-0.25, -0.2) is 0 Å². The molecular formula is C10H11ClN4O. The molecule has 0 atom stereocenters. The Labute approximate surface area is 98.5 Å². The standard InChI is InChI=1S/C10H10N4O.ClH/c11-10(3-4-10)9-13-8(14-15-9)7-1-5-12-6-2-7;/h1-2,5-6H,3-4,11H2;1H. The molecule has 0 radical (unpaired) electrons. The maximum absolute atomic E-state index is 5.95. The first-order valence-corrected chi connectivity index (χ1v) is 4.81. The summed E-state index contributed by atoms with van der Waals surface area (Å²) in [4.78, 5) is 8.21. The van der Waals surface area contributed by atoms with E-state index < -0.39 is 0 Å². The van der Waals surface area contributed by atoms with Crippen molar-refractivity contribution in [1.29, 1.82) is 0 Å². The predicted octanol–water partition coefficient (Wildman–Crippen LogP) is 1.50. The molecule has 2 N–H and O–H groups in total. The first kappa shape index (κ1) is 11.0. The highest BCUT2D eigenvalue weighted by molar-refractivity contribution is 5.85. The van der Waals surface area contributed by atoms with Gasteiger partial charge < -0.3 is 10.3 Å². The van der Waals surface area contributed by atoms with Crippen LogP contribution in [0.5, 0.6) is 0 Å². The second kappa shape index (κ2) is 3.84. The monoisotopic (exact) mass is 238 g/mol. The van der Waals surface area contributed by atoms with Crippen LogP contribution in [0.25, 0.3) is 11.4 Å². The summed E-state index contributed by atoms with van der Waals surface area (Å²) in [5.41, 5.74) is 6.48. The van der Waals surface area contributed by atoms with Crippen LogP contribution < -0.4 is 5.73 Å². The van der Waals surface area contributed by atoms with Crippen LogP contribution in [0, 0.1) is 0 Å². The second-order valence-electron chi connectivity index (χ2n) is 3.82. The van der Waals surface area contributed by atoms with Crippen molar-refractivity contribution in [1.82, 2.24) is 15.1 Å². The molecule has 6 heteroatoms. The van der Waals surface area contributed by atoms with Crippen LogP contribution in [-0.4, -0.2) is 15.1 Å². The number of pyridine rings is 1. The highest BCUT2D eigenvalue weighted by Crippen LogP contribution is 2.41. The lowest BCUT2D eigenvalue weighted by molar-refractivity contribution is 0.348. The summed E-state index contributed by atoms with van der Waals surface area (Å²) in [6.07, 6.45) is 5.23. The Hall–Kier alpha value is -1.46. The normalized spacial score (nSPS) is 16.6. The highest BCUT2D eigenvalue weighted by atomic mass is 35.5. The molecule has 5 nitrogen and oxygen atoms in total. The van der Waals surface area contributed by atoms with Crippen LogP contribution in [0.2, 0.25) is 0 Å². The van der Waals surface area contributed by atoms with Crippen LogP contribution >= 0.6 is 12.4 Å². The summed E-state index contributed by atoms with van der Waals surface area (Å²) in [5, 5.41) is 3.90. The van der Waals surface area contributed by atoms with Gasteiger partial charge >= 0.3 is 0 Å². The summed E-state index contributed by atoms with van der Waals surface area (Å²) < 4.78 is 5.14. The summed E-state index contributed by atoms with van der Waals surface area (Å²) in [6.45, 7) is 0. The third-order valence-corrected chi connectivity index (χ3v) is 2.58. The van der Waals surface area contributed by atoms with Gasteiger partial charge in [0.25, 0.3) is 0 Å². The molecule has 0 saturated heterocycles. The minimum atomic E-state index is -0.363. The molecule has 1 aliphatic carbocycles. The molecule has 2 heterocycles. The minimum Gasteiger partial charge on any atom is -0.337 e. The van der Waals surface area contributed by atoms with E-state index >= 15 is 0 Å². The van der Waals surface area contributed by atoms with Gasteiger partial charge in [-0.15, -0.1) is 12.4 Å². The highest BCUT2D eigenvalue weighted by Gasteiger charge is 2.45. The molecule has 1 saturated carbocycles. The van der Waals surface area contributed by atoms with Gasteiger partial charge in [0, 0.05) is 18.0 Å². The SMILES string of the molecule is Cl.NC1(c2nc(-c3ccncc3)no2)CC1. The molecule has 2 aromatic rings. The number of halogens is 1. The Morgan fingerprint density at radius 2 is 1.94 bits per heavy atom. The van der Waals surface area contributed by atoms with Crippen LogP contribution in [0.1, 0.15) is 18.7 Å². The van der Waals surface area contributed by atoms with Crippen molar-refractivity contribution in [3.8, 4) is 11.4 Å². The van der Waals surface area contributed by atoms with Gasteiger partial charge in [-0.2, -0.15) is 4.98 Å². The van der Waals surface area contributed by atoms with Crippen molar-refractivity contribution in [3.63, 3.8) is 0 Å². The van der Waals surface area contributed by atoms with Crippen LogP contribution in [0.3, 0.4) is 0 Å². The van der Waals surface area contributed by atoms with Crippen molar-refractivity contribution in [3.05, 3.63) is 30.4 Å². The molecule has 0 aromatic carbocycles. The number of nitrogens with two attached hydrogens (primary N) is 1. The number of nitrogens with zero attached hydrogens (tertiary/aromatic N) is 3. The Morgan fingerprint density at radius 3 is 2.56 bits per heavy atom. The van der Waals surface area contributed by atoms with E-state index in [1.54, 1.807) is 12.4 Å².